The zero-order valence-electron chi connectivity index (χ0n) is 20.2. The van der Waals surface area contributed by atoms with Gasteiger partial charge in [-0.05, 0) is 70.0 Å². The Morgan fingerprint density at radius 1 is 1.31 bits per heavy atom. The molecule has 0 atom stereocenters. The smallest absolute Gasteiger partial charge is 0.254 e. The molecule has 2 aromatic rings. The van der Waals surface area contributed by atoms with Gasteiger partial charge in [0.2, 0.25) is 0 Å². The molecule has 3 heterocycles. The number of halogens is 2. The number of hydrogen-bond donors (Lipinski definition) is 4. The number of H-pyrrole nitrogens is 1. The molecule has 2 aliphatic heterocycles. The Morgan fingerprint density at radius 2 is 2.09 bits per heavy atom. The van der Waals surface area contributed by atoms with E-state index in [2.05, 4.69) is 31.1 Å². The van der Waals surface area contributed by atoms with E-state index in [0.717, 1.165) is 31.6 Å². The molecule has 0 bridgehead atoms. The van der Waals surface area contributed by atoms with Crippen LogP contribution in [0.25, 0.3) is 0 Å². The third-order valence-electron chi connectivity index (χ3n) is 6.10. The summed E-state index contributed by atoms with van der Waals surface area (Å²) in [6.07, 6.45) is 6.00. The van der Waals surface area contributed by atoms with E-state index in [9.17, 15) is 4.79 Å². The van der Waals surface area contributed by atoms with E-state index < -0.39 is 5.82 Å². The number of amidine groups is 1. The molecule has 1 amide bonds. The van der Waals surface area contributed by atoms with Crippen molar-refractivity contribution in [2.24, 2.45) is 4.99 Å². The molecule has 0 radical (unpaired) electrons. The van der Waals surface area contributed by atoms with Gasteiger partial charge in [-0.2, -0.15) is 5.10 Å². The largest absolute Gasteiger partial charge is 0.338 e. The number of nitrogens with one attached hydrogen (secondary N) is 4. The molecule has 0 spiro atoms. The maximum atomic E-state index is 15.1. The summed E-state index contributed by atoms with van der Waals surface area (Å²) >= 11 is 6.40. The van der Waals surface area contributed by atoms with Gasteiger partial charge in [0.05, 0.1) is 10.7 Å². The second-order valence-electron chi connectivity index (χ2n) is 8.68. The highest BCUT2D eigenvalue weighted by Gasteiger charge is 2.34. The van der Waals surface area contributed by atoms with E-state index in [4.69, 9.17) is 11.6 Å². The lowest BCUT2D eigenvalue weighted by molar-refractivity contribution is 0.0668. The number of amides is 1. The molecule has 186 valence electrons. The Balaban J connectivity index is 1.59. The van der Waals surface area contributed by atoms with Crippen LogP contribution in [0.1, 0.15) is 54.7 Å². The summed E-state index contributed by atoms with van der Waals surface area (Å²) in [7, 11) is 0. The summed E-state index contributed by atoms with van der Waals surface area (Å²) in [6, 6.07) is 5.05. The van der Waals surface area contributed by atoms with Gasteiger partial charge < -0.3 is 20.9 Å². The molecular formula is C25H31ClFN7O. The minimum atomic E-state index is -0.435. The average Bonchev–Trinajstić information content (AvgIpc) is 3.41. The van der Waals surface area contributed by atoms with Crippen LogP contribution in [0, 0.1) is 12.7 Å². The minimum Gasteiger partial charge on any atom is -0.338 e. The lowest BCUT2D eigenvalue weighted by atomic mass is 10.1. The lowest BCUT2D eigenvalue weighted by Gasteiger charge is -2.31. The third-order valence-corrected chi connectivity index (χ3v) is 6.50. The molecule has 10 heteroatoms. The number of aryl methyl sites for hydroxylation is 1. The summed E-state index contributed by atoms with van der Waals surface area (Å²) in [6.45, 7) is 7.86. The van der Waals surface area contributed by atoms with Crippen molar-refractivity contribution in [2.45, 2.75) is 52.6 Å². The van der Waals surface area contributed by atoms with E-state index in [0.29, 0.717) is 46.6 Å². The van der Waals surface area contributed by atoms with Crippen LogP contribution in [0.15, 0.2) is 46.2 Å². The van der Waals surface area contributed by atoms with Crippen LogP contribution < -0.4 is 16.0 Å². The zero-order valence-corrected chi connectivity index (χ0v) is 21.0. The van der Waals surface area contributed by atoms with Crippen molar-refractivity contribution in [1.29, 1.82) is 0 Å². The topological polar surface area (TPSA) is 97.4 Å². The molecule has 1 aromatic carbocycles. The third kappa shape index (κ3) is 5.74. The second-order valence-corrected chi connectivity index (χ2v) is 9.09. The van der Waals surface area contributed by atoms with Crippen molar-refractivity contribution in [1.82, 2.24) is 20.4 Å². The highest BCUT2D eigenvalue weighted by atomic mass is 35.5. The number of allylic oxidation sites excluding steroid dienone is 2. The van der Waals surface area contributed by atoms with E-state index in [1.165, 1.54) is 6.07 Å². The van der Waals surface area contributed by atoms with Crippen molar-refractivity contribution >= 4 is 34.8 Å². The van der Waals surface area contributed by atoms with Gasteiger partial charge in [0.1, 0.15) is 11.6 Å². The zero-order chi connectivity index (χ0) is 24.9. The molecule has 0 unspecified atom stereocenters. The molecule has 2 aliphatic rings. The number of aromatic amines is 1. The van der Waals surface area contributed by atoms with Crippen LogP contribution in [-0.4, -0.2) is 46.0 Å². The van der Waals surface area contributed by atoms with Gasteiger partial charge in [-0.25, -0.2) is 9.38 Å². The molecule has 4 rings (SSSR count). The first kappa shape index (κ1) is 24.9. The number of aliphatic imine (C=N–C) groups is 1. The Labute approximate surface area is 209 Å². The number of carbonyl (C=O) groups excluding carboxylic acids is 1. The molecule has 8 nitrogen and oxygen atoms in total. The van der Waals surface area contributed by atoms with E-state index in [1.54, 1.807) is 19.1 Å². The number of aromatic nitrogens is 2. The van der Waals surface area contributed by atoms with E-state index in [1.807, 2.05) is 30.9 Å². The van der Waals surface area contributed by atoms with Crippen LogP contribution >= 0.6 is 11.6 Å². The summed E-state index contributed by atoms with van der Waals surface area (Å²) in [4.78, 5) is 19.6. The van der Waals surface area contributed by atoms with Gasteiger partial charge >= 0.3 is 0 Å². The van der Waals surface area contributed by atoms with Crippen LogP contribution in [0.2, 0.25) is 0 Å². The first-order chi connectivity index (χ1) is 16.9. The van der Waals surface area contributed by atoms with Crippen molar-refractivity contribution in [3.63, 3.8) is 0 Å². The van der Waals surface area contributed by atoms with Crippen LogP contribution in [-0.2, 0) is 6.54 Å². The fraction of sp³-hybridized carbons (Fsp3) is 0.400. The standard InChI is InChI=1S/C25H31ClFN7O/c1-4-6-22(30-24(19(26)5-2)31-23-11-15(3)32-33-23)29-21-13-18-16(12-20(21)27)14-34(25(18)35)17-7-9-28-10-8-17/h5-6,11-13,17,28-29H,4,7-10,14H2,1-3H3,(H2,30,31,32,33)/b19-5+,22-6+. The van der Waals surface area contributed by atoms with Crippen LogP contribution in [0.4, 0.5) is 15.9 Å². The highest BCUT2D eigenvalue weighted by Crippen LogP contribution is 2.32. The SMILES string of the molecule is C\C=C(Cl)/C(=N\C(=C\CC)Nc1cc2c(cc1F)CN(C1CCNCC1)C2=O)Nc1cc(C)[nH]n1. The second kappa shape index (κ2) is 11.0. The molecule has 4 N–H and O–H groups in total. The quantitative estimate of drug-likeness (QED) is 0.321. The van der Waals surface area contributed by atoms with Crippen molar-refractivity contribution in [2.75, 3.05) is 23.7 Å². The van der Waals surface area contributed by atoms with Gasteiger partial charge in [0.25, 0.3) is 5.91 Å². The Morgan fingerprint density at radius 3 is 2.74 bits per heavy atom. The predicted molar refractivity (Wildman–Crippen MR) is 138 cm³/mol. The Bertz CT molecular complexity index is 1180. The number of carbonyl (C=O) groups is 1. The first-order valence-electron chi connectivity index (χ1n) is 11.9. The van der Waals surface area contributed by atoms with Gasteiger partial charge in [-0.15, -0.1) is 0 Å². The van der Waals surface area contributed by atoms with E-state index in [-0.39, 0.29) is 17.6 Å². The molecule has 0 saturated carbocycles. The predicted octanol–water partition coefficient (Wildman–Crippen LogP) is 4.88. The monoisotopic (exact) mass is 499 g/mol. The van der Waals surface area contributed by atoms with Crippen molar-refractivity contribution in [3.8, 4) is 0 Å². The molecule has 1 aromatic heterocycles. The average molecular weight is 500 g/mol. The number of nitrogens with zero attached hydrogens (tertiary/aromatic N) is 3. The van der Waals surface area contributed by atoms with Gasteiger partial charge in [0.15, 0.2) is 11.7 Å². The maximum absolute atomic E-state index is 15.1. The fourth-order valence-corrected chi connectivity index (χ4v) is 4.41. The van der Waals surface area contributed by atoms with Crippen molar-refractivity contribution < 1.29 is 9.18 Å². The molecule has 35 heavy (non-hydrogen) atoms. The van der Waals surface area contributed by atoms with Crippen LogP contribution in [0.5, 0.6) is 0 Å². The summed E-state index contributed by atoms with van der Waals surface area (Å²) in [5.41, 5.74) is 2.33. The number of benzene rings is 1. The molecular weight excluding hydrogens is 469 g/mol. The van der Waals surface area contributed by atoms with E-state index >= 15 is 4.39 Å². The normalized spacial score (nSPS) is 17.7. The highest BCUT2D eigenvalue weighted by molar-refractivity contribution is 6.45. The Kier molecular flexibility index (Phi) is 7.87. The van der Waals surface area contributed by atoms with Crippen LogP contribution in [0.3, 0.4) is 0 Å². The van der Waals surface area contributed by atoms with Crippen molar-refractivity contribution in [3.05, 3.63) is 63.8 Å². The number of hydrogen-bond acceptors (Lipinski definition) is 5. The number of fused-ring (bicyclic) bond motifs is 1. The number of anilines is 2. The van der Waals surface area contributed by atoms with Gasteiger partial charge in [-0.1, -0.05) is 24.6 Å². The first-order valence-corrected chi connectivity index (χ1v) is 12.3. The summed E-state index contributed by atoms with van der Waals surface area (Å²) in [5.74, 6) is 0.844. The fourth-order valence-electron chi connectivity index (χ4n) is 4.32. The molecule has 1 fully saturated rings. The Hall–Kier alpha value is -3.17. The lowest BCUT2D eigenvalue weighted by Crippen LogP contribution is -2.43. The number of piperidine rings is 1. The minimum absolute atomic E-state index is 0.0484. The number of rotatable bonds is 7. The summed E-state index contributed by atoms with van der Waals surface area (Å²) in [5, 5.41) is 16.9. The molecule has 1 saturated heterocycles. The van der Waals surface area contributed by atoms with Gasteiger partial charge in [0, 0.05) is 29.9 Å². The molecule has 0 aliphatic carbocycles. The maximum Gasteiger partial charge on any atom is 0.254 e. The van der Waals surface area contributed by atoms with Gasteiger partial charge in [-0.3, -0.25) is 9.89 Å². The summed E-state index contributed by atoms with van der Waals surface area (Å²) < 4.78 is 15.1.